The van der Waals surface area contributed by atoms with Gasteiger partial charge < -0.3 is 9.84 Å². The van der Waals surface area contributed by atoms with Gasteiger partial charge >= 0.3 is 0 Å². The molecule has 0 atom stereocenters. The number of para-hydroxylation sites is 1. The number of rotatable bonds is 6. The Morgan fingerprint density at radius 1 is 1.26 bits per heavy atom. The number of anilines is 1. The van der Waals surface area contributed by atoms with E-state index in [9.17, 15) is 4.79 Å². The van der Waals surface area contributed by atoms with Crippen LogP contribution in [-0.4, -0.2) is 21.9 Å². The summed E-state index contributed by atoms with van der Waals surface area (Å²) in [5.41, 5.74) is 1.34. The molecule has 0 aliphatic rings. The third-order valence-corrected chi connectivity index (χ3v) is 4.27. The number of benzene rings is 1. The number of amides is 1. The van der Waals surface area contributed by atoms with Gasteiger partial charge in [-0.15, -0.1) is 22.9 Å². The van der Waals surface area contributed by atoms with Gasteiger partial charge in [-0.1, -0.05) is 23.4 Å². The second-order valence-corrected chi connectivity index (χ2v) is 6.11. The van der Waals surface area contributed by atoms with Crippen molar-refractivity contribution in [1.29, 1.82) is 0 Å². The molecule has 0 aliphatic heterocycles. The highest BCUT2D eigenvalue weighted by Gasteiger charge is 2.15. The number of carbonyl (C=O) groups is 1. The van der Waals surface area contributed by atoms with Crippen LogP contribution in [-0.2, 0) is 4.79 Å². The maximum atomic E-state index is 11.9. The van der Waals surface area contributed by atoms with E-state index in [-0.39, 0.29) is 5.91 Å². The van der Waals surface area contributed by atoms with Gasteiger partial charge in [-0.25, -0.2) is 0 Å². The van der Waals surface area contributed by atoms with Crippen molar-refractivity contribution in [2.75, 3.05) is 11.2 Å². The Labute approximate surface area is 142 Å². The first kappa shape index (κ1) is 15.7. The van der Waals surface area contributed by atoms with Crippen molar-refractivity contribution in [3.63, 3.8) is 0 Å². The molecule has 0 spiro atoms. The van der Waals surface area contributed by atoms with Crippen LogP contribution in [0.4, 0.5) is 5.69 Å². The van der Waals surface area contributed by atoms with E-state index in [1.54, 1.807) is 11.3 Å². The molecule has 7 heteroatoms. The molecule has 1 amide bonds. The van der Waals surface area contributed by atoms with Crippen LogP contribution in [0.15, 0.2) is 46.3 Å². The molecule has 0 saturated carbocycles. The fourth-order valence-electron chi connectivity index (χ4n) is 2.06. The van der Waals surface area contributed by atoms with Crippen molar-refractivity contribution in [3.05, 3.63) is 41.8 Å². The lowest BCUT2D eigenvalue weighted by atomic mass is 10.1. The van der Waals surface area contributed by atoms with Crippen molar-refractivity contribution < 1.29 is 9.32 Å². The quantitative estimate of drug-likeness (QED) is 0.670. The zero-order chi connectivity index (χ0) is 16.1. The van der Waals surface area contributed by atoms with E-state index >= 15 is 0 Å². The van der Waals surface area contributed by atoms with E-state index in [1.165, 1.54) is 0 Å². The molecule has 0 aliphatic carbocycles. The van der Waals surface area contributed by atoms with Crippen LogP contribution < -0.4 is 5.32 Å². The first-order valence-electron chi connectivity index (χ1n) is 7.10. The van der Waals surface area contributed by atoms with Crippen LogP contribution >= 0.6 is 22.9 Å². The van der Waals surface area contributed by atoms with Crippen LogP contribution in [0.2, 0.25) is 0 Å². The molecule has 3 aromatic rings. The van der Waals surface area contributed by atoms with Crippen LogP contribution in [0, 0.1) is 0 Å². The standard InChI is InChI=1S/C16H14ClN3O2S/c17-9-3-8-14(21)18-12-6-2-1-5-11(12)16-19-15(20-22-16)13-7-4-10-23-13/h1-2,4-7,10H,3,8-9H2,(H,18,21). The van der Waals surface area contributed by atoms with Gasteiger partial charge in [0.1, 0.15) is 0 Å². The van der Waals surface area contributed by atoms with Crippen molar-refractivity contribution in [3.8, 4) is 22.2 Å². The van der Waals surface area contributed by atoms with E-state index in [1.807, 2.05) is 41.8 Å². The third kappa shape index (κ3) is 3.78. The summed E-state index contributed by atoms with van der Waals surface area (Å²) in [6.07, 6.45) is 1.01. The molecule has 0 unspecified atom stereocenters. The zero-order valence-electron chi connectivity index (χ0n) is 12.2. The number of nitrogens with zero attached hydrogens (tertiary/aromatic N) is 2. The fraction of sp³-hybridized carbons (Fsp3) is 0.188. The maximum Gasteiger partial charge on any atom is 0.260 e. The normalized spacial score (nSPS) is 10.7. The van der Waals surface area contributed by atoms with Crippen molar-refractivity contribution in [2.24, 2.45) is 0 Å². The molecule has 3 rings (SSSR count). The first-order valence-corrected chi connectivity index (χ1v) is 8.52. The van der Waals surface area contributed by atoms with Gasteiger partial charge in [0.25, 0.3) is 5.89 Å². The predicted molar refractivity (Wildman–Crippen MR) is 91.6 cm³/mol. The second-order valence-electron chi connectivity index (χ2n) is 4.79. The summed E-state index contributed by atoms with van der Waals surface area (Å²) in [4.78, 5) is 17.3. The molecule has 0 fully saturated rings. The fourth-order valence-corrected chi connectivity index (χ4v) is 2.84. The number of thiophene rings is 1. The lowest BCUT2D eigenvalue weighted by molar-refractivity contribution is -0.116. The number of nitrogens with one attached hydrogen (secondary N) is 1. The zero-order valence-corrected chi connectivity index (χ0v) is 13.7. The number of carbonyl (C=O) groups excluding carboxylic acids is 1. The Morgan fingerprint density at radius 2 is 2.13 bits per heavy atom. The predicted octanol–water partition coefficient (Wildman–Crippen LogP) is 4.42. The lowest BCUT2D eigenvalue weighted by Gasteiger charge is -2.07. The molecule has 1 N–H and O–H groups in total. The Hall–Kier alpha value is -2.18. The van der Waals surface area contributed by atoms with E-state index < -0.39 is 0 Å². The molecule has 0 saturated heterocycles. The number of hydrogen-bond acceptors (Lipinski definition) is 5. The number of halogens is 1. The summed E-state index contributed by atoms with van der Waals surface area (Å²) in [5.74, 6) is 1.29. The molecular weight excluding hydrogens is 334 g/mol. The molecule has 5 nitrogen and oxygen atoms in total. The Kier molecular flexibility index (Phi) is 5.05. The number of hydrogen-bond donors (Lipinski definition) is 1. The summed E-state index contributed by atoms with van der Waals surface area (Å²) in [5, 5.41) is 8.82. The van der Waals surface area contributed by atoms with Gasteiger partial charge in [-0.3, -0.25) is 4.79 Å². The summed E-state index contributed by atoms with van der Waals surface area (Å²) in [7, 11) is 0. The molecule has 2 heterocycles. The SMILES string of the molecule is O=C(CCCCl)Nc1ccccc1-c1nc(-c2cccs2)no1. The summed E-state index contributed by atoms with van der Waals surface area (Å²) >= 11 is 7.16. The van der Waals surface area contributed by atoms with Crippen LogP contribution in [0.3, 0.4) is 0 Å². The Morgan fingerprint density at radius 3 is 2.91 bits per heavy atom. The lowest BCUT2D eigenvalue weighted by Crippen LogP contribution is -2.12. The average molecular weight is 348 g/mol. The largest absolute Gasteiger partial charge is 0.334 e. The molecule has 2 aromatic heterocycles. The van der Waals surface area contributed by atoms with Crippen LogP contribution in [0.25, 0.3) is 22.2 Å². The van der Waals surface area contributed by atoms with E-state index in [0.29, 0.717) is 41.7 Å². The molecule has 0 bridgehead atoms. The van der Waals surface area contributed by atoms with Gasteiger partial charge in [-0.05, 0) is 30.0 Å². The Bertz CT molecular complexity index is 786. The smallest absolute Gasteiger partial charge is 0.260 e. The third-order valence-electron chi connectivity index (χ3n) is 3.14. The van der Waals surface area contributed by atoms with Crippen LogP contribution in [0.5, 0.6) is 0 Å². The molecule has 23 heavy (non-hydrogen) atoms. The highest BCUT2D eigenvalue weighted by Crippen LogP contribution is 2.29. The van der Waals surface area contributed by atoms with Gasteiger partial charge in [0.15, 0.2) is 0 Å². The van der Waals surface area contributed by atoms with Gasteiger partial charge in [-0.2, -0.15) is 4.98 Å². The van der Waals surface area contributed by atoms with Crippen molar-refractivity contribution in [1.82, 2.24) is 10.1 Å². The maximum absolute atomic E-state index is 11.9. The number of aromatic nitrogens is 2. The molecule has 0 radical (unpaired) electrons. The minimum atomic E-state index is -0.0869. The second kappa shape index (κ2) is 7.39. The molecule has 1 aromatic carbocycles. The summed E-state index contributed by atoms with van der Waals surface area (Å²) < 4.78 is 5.35. The molecule has 118 valence electrons. The highest BCUT2D eigenvalue weighted by atomic mass is 35.5. The van der Waals surface area contributed by atoms with Gasteiger partial charge in [0, 0.05) is 12.3 Å². The Balaban J connectivity index is 1.84. The topological polar surface area (TPSA) is 68.0 Å². The minimum Gasteiger partial charge on any atom is -0.334 e. The first-order chi connectivity index (χ1) is 11.3. The van der Waals surface area contributed by atoms with Gasteiger partial charge in [0.05, 0.1) is 16.1 Å². The van der Waals surface area contributed by atoms with E-state index in [0.717, 1.165) is 4.88 Å². The van der Waals surface area contributed by atoms with Crippen molar-refractivity contribution in [2.45, 2.75) is 12.8 Å². The number of alkyl halides is 1. The van der Waals surface area contributed by atoms with Crippen LogP contribution in [0.1, 0.15) is 12.8 Å². The van der Waals surface area contributed by atoms with Gasteiger partial charge in [0.2, 0.25) is 11.7 Å². The van der Waals surface area contributed by atoms with E-state index in [4.69, 9.17) is 16.1 Å². The highest BCUT2D eigenvalue weighted by molar-refractivity contribution is 7.13. The van der Waals surface area contributed by atoms with E-state index in [2.05, 4.69) is 15.5 Å². The van der Waals surface area contributed by atoms with Crippen molar-refractivity contribution >= 4 is 34.5 Å². The minimum absolute atomic E-state index is 0.0869. The average Bonchev–Trinajstić information content (AvgIpc) is 3.24. The monoisotopic (exact) mass is 347 g/mol. The molecular formula is C16H14ClN3O2S. The summed E-state index contributed by atoms with van der Waals surface area (Å²) in [6.45, 7) is 0. The summed E-state index contributed by atoms with van der Waals surface area (Å²) in [6, 6.07) is 11.2.